The Kier molecular flexibility index (Phi) is 4.56. The predicted molar refractivity (Wildman–Crippen MR) is 69.6 cm³/mol. The van der Waals surface area contributed by atoms with Crippen molar-refractivity contribution in [3.8, 4) is 0 Å². The van der Waals surface area contributed by atoms with Crippen molar-refractivity contribution in [3.05, 3.63) is 22.6 Å². The topological polar surface area (TPSA) is 68.5 Å². The smallest absolute Gasteiger partial charge is 0.408 e. The summed E-state index contributed by atoms with van der Waals surface area (Å²) in [5.41, 5.74) is -0.599. The lowest BCUT2D eigenvalue weighted by molar-refractivity contribution is 0.0494. The fraction of sp³-hybridized carbons (Fsp3) is 0.500. The van der Waals surface area contributed by atoms with Gasteiger partial charge in [-0.3, -0.25) is 4.79 Å². The first-order chi connectivity index (χ1) is 8.20. The number of carbonyl (C=O) groups is 2. The van der Waals surface area contributed by atoms with Gasteiger partial charge in [-0.1, -0.05) is 0 Å². The molecule has 6 heteroatoms. The highest BCUT2D eigenvalue weighted by atomic mass is 79.9. The fourth-order valence-corrected chi connectivity index (χ4v) is 1.61. The summed E-state index contributed by atoms with van der Waals surface area (Å²) in [6.45, 7) is 6.83. The van der Waals surface area contributed by atoms with E-state index in [0.717, 1.165) is 0 Å². The Morgan fingerprint density at radius 2 is 2.06 bits per heavy atom. The molecule has 0 aliphatic rings. The summed E-state index contributed by atoms with van der Waals surface area (Å²) in [5, 5.41) is 2.46. The van der Waals surface area contributed by atoms with Crippen LogP contribution in [0.25, 0.3) is 0 Å². The first-order valence-corrected chi connectivity index (χ1v) is 6.27. The molecule has 0 aliphatic carbocycles. The largest absolute Gasteiger partial charge is 0.460 e. The minimum absolute atomic E-state index is 0.179. The van der Waals surface area contributed by atoms with Crippen molar-refractivity contribution in [2.45, 2.75) is 39.3 Å². The van der Waals surface area contributed by atoms with Crippen molar-refractivity contribution >= 4 is 27.8 Å². The van der Waals surface area contributed by atoms with Gasteiger partial charge >= 0.3 is 6.09 Å². The van der Waals surface area contributed by atoms with E-state index in [0.29, 0.717) is 4.47 Å². The van der Waals surface area contributed by atoms with Crippen LogP contribution in [0.1, 0.15) is 38.2 Å². The molecule has 0 radical (unpaired) electrons. The highest BCUT2D eigenvalue weighted by Gasteiger charge is 2.24. The molecule has 1 rings (SSSR count). The molecule has 0 aliphatic heterocycles. The van der Waals surface area contributed by atoms with Gasteiger partial charge in [0.2, 0.25) is 5.78 Å². The van der Waals surface area contributed by atoms with Crippen LogP contribution >= 0.6 is 15.9 Å². The first-order valence-electron chi connectivity index (χ1n) is 5.47. The predicted octanol–water partition coefficient (Wildman–Crippen LogP) is 3.14. The van der Waals surface area contributed by atoms with Crippen molar-refractivity contribution in [2.75, 3.05) is 0 Å². The quantitative estimate of drug-likeness (QED) is 0.869. The minimum atomic E-state index is -0.720. The van der Waals surface area contributed by atoms with Crippen LogP contribution in [0.2, 0.25) is 0 Å². The van der Waals surface area contributed by atoms with Crippen molar-refractivity contribution in [2.24, 2.45) is 0 Å². The van der Waals surface area contributed by atoms with Crippen molar-refractivity contribution in [1.29, 1.82) is 0 Å². The van der Waals surface area contributed by atoms with E-state index in [1.54, 1.807) is 33.8 Å². The molecule has 0 bridgehead atoms. The van der Waals surface area contributed by atoms with Crippen LogP contribution in [0, 0.1) is 0 Å². The molecule has 100 valence electrons. The molecule has 1 aromatic heterocycles. The number of amides is 1. The average Bonchev–Trinajstić information content (AvgIpc) is 2.60. The van der Waals surface area contributed by atoms with Crippen LogP contribution in [-0.2, 0) is 4.74 Å². The van der Waals surface area contributed by atoms with Crippen molar-refractivity contribution < 1.29 is 18.7 Å². The monoisotopic (exact) mass is 317 g/mol. The van der Waals surface area contributed by atoms with Gasteiger partial charge in [0.15, 0.2) is 5.76 Å². The van der Waals surface area contributed by atoms with Gasteiger partial charge in [0.1, 0.15) is 5.60 Å². The molecule has 0 fully saturated rings. The Morgan fingerprint density at radius 1 is 1.44 bits per heavy atom. The summed E-state index contributed by atoms with van der Waals surface area (Å²) >= 11 is 3.19. The van der Waals surface area contributed by atoms with Crippen LogP contribution in [0.5, 0.6) is 0 Å². The van der Waals surface area contributed by atoms with E-state index in [4.69, 9.17) is 9.15 Å². The fourth-order valence-electron chi connectivity index (χ4n) is 1.22. The van der Waals surface area contributed by atoms with E-state index in [2.05, 4.69) is 21.2 Å². The van der Waals surface area contributed by atoms with Crippen molar-refractivity contribution in [1.82, 2.24) is 5.32 Å². The van der Waals surface area contributed by atoms with E-state index < -0.39 is 17.7 Å². The normalized spacial score (nSPS) is 12.9. The van der Waals surface area contributed by atoms with E-state index in [-0.39, 0.29) is 11.5 Å². The molecular weight excluding hydrogens is 302 g/mol. The molecule has 1 amide bonds. The summed E-state index contributed by atoms with van der Waals surface area (Å²) in [5.74, 6) is -0.142. The summed E-state index contributed by atoms with van der Waals surface area (Å²) < 4.78 is 10.7. The van der Waals surface area contributed by atoms with Crippen LogP contribution in [-0.4, -0.2) is 23.5 Å². The lowest BCUT2D eigenvalue weighted by atomic mass is 10.2. The Morgan fingerprint density at radius 3 is 2.50 bits per heavy atom. The zero-order valence-corrected chi connectivity index (χ0v) is 12.3. The molecule has 0 spiro atoms. The maximum absolute atomic E-state index is 11.9. The van der Waals surface area contributed by atoms with Gasteiger partial charge in [0, 0.05) is 0 Å². The number of Topliss-reactive ketones (excluding diaryl/α,β-unsaturated/α-hetero) is 1. The second-order valence-electron chi connectivity index (χ2n) is 4.83. The number of hydrogen-bond acceptors (Lipinski definition) is 4. The standard InChI is InChI=1S/C12H16BrNO4/c1-7(14-11(16)18-12(2,3)4)9(15)10-8(13)5-6-17-10/h5-7H,1-4H3,(H,14,16). The molecule has 5 nitrogen and oxygen atoms in total. The zero-order chi connectivity index (χ0) is 13.9. The molecule has 18 heavy (non-hydrogen) atoms. The number of carbonyl (C=O) groups excluding carboxylic acids is 2. The number of rotatable bonds is 3. The second-order valence-corrected chi connectivity index (χ2v) is 5.68. The van der Waals surface area contributed by atoms with E-state index in [1.165, 1.54) is 6.26 Å². The Hall–Kier alpha value is -1.30. The van der Waals surface area contributed by atoms with Crippen molar-refractivity contribution in [3.63, 3.8) is 0 Å². The van der Waals surface area contributed by atoms with E-state index >= 15 is 0 Å². The number of ether oxygens (including phenoxy) is 1. The summed E-state index contributed by atoms with van der Waals surface area (Å²) in [6, 6.07) is 0.898. The number of halogens is 1. The molecule has 1 atom stereocenters. The van der Waals surface area contributed by atoms with Gasteiger partial charge in [-0.25, -0.2) is 4.79 Å². The Labute approximate surface area is 114 Å². The molecule has 0 aromatic carbocycles. The lowest BCUT2D eigenvalue weighted by Gasteiger charge is -2.21. The molecule has 1 aromatic rings. The molecular formula is C12H16BrNO4. The van der Waals surface area contributed by atoms with E-state index in [9.17, 15) is 9.59 Å². The van der Waals surface area contributed by atoms with Crippen LogP contribution < -0.4 is 5.32 Å². The maximum atomic E-state index is 11.9. The first kappa shape index (κ1) is 14.8. The van der Waals surface area contributed by atoms with Crippen LogP contribution in [0.4, 0.5) is 4.79 Å². The highest BCUT2D eigenvalue weighted by Crippen LogP contribution is 2.19. The van der Waals surface area contributed by atoms with Gasteiger partial charge in [-0.05, 0) is 49.7 Å². The third-order valence-corrected chi connectivity index (χ3v) is 2.59. The second kappa shape index (κ2) is 5.56. The molecule has 1 heterocycles. The van der Waals surface area contributed by atoms with E-state index in [1.807, 2.05) is 0 Å². The number of ketones is 1. The number of furan rings is 1. The average molecular weight is 318 g/mol. The number of alkyl carbamates (subject to hydrolysis) is 1. The highest BCUT2D eigenvalue weighted by molar-refractivity contribution is 9.10. The van der Waals surface area contributed by atoms with Crippen LogP contribution in [0.3, 0.4) is 0 Å². The summed E-state index contributed by atoms with van der Waals surface area (Å²) in [4.78, 5) is 23.4. The van der Waals surface area contributed by atoms with Gasteiger partial charge in [0.25, 0.3) is 0 Å². The Balaban J connectivity index is 2.61. The van der Waals surface area contributed by atoms with Crippen LogP contribution in [0.15, 0.2) is 21.2 Å². The lowest BCUT2D eigenvalue weighted by Crippen LogP contribution is -2.41. The number of hydrogen-bond donors (Lipinski definition) is 1. The molecule has 1 N–H and O–H groups in total. The summed E-state index contributed by atoms with van der Waals surface area (Å²) in [6.07, 6.45) is 0.767. The molecule has 0 saturated carbocycles. The third-order valence-electron chi connectivity index (χ3n) is 1.97. The summed E-state index contributed by atoms with van der Waals surface area (Å²) in [7, 11) is 0. The molecule has 1 unspecified atom stereocenters. The minimum Gasteiger partial charge on any atom is -0.460 e. The van der Waals surface area contributed by atoms with Gasteiger partial charge in [0.05, 0.1) is 16.8 Å². The number of nitrogens with one attached hydrogen (secondary N) is 1. The van der Waals surface area contributed by atoms with Gasteiger partial charge < -0.3 is 14.5 Å². The van der Waals surface area contributed by atoms with Gasteiger partial charge in [-0.2, -0.15) is 0 Å². The third kappa shape index (κ3) is 4.18. The maximum Gasteiger partial charge on any atom is 0.408 e. The molecule has 0 saturated heterocycles. The SMILES string of the molecule is CC(NC(=O)OC(C)(C)C)C(=O)c1occc1Br. The Bertz CT molecular complexity index is 447. The zero-order valence-electron chi connectivity index (χ0n) is 10.7. The van der Waals surface area contributed by atoms with Gasteiger partial charge in [-0.15, -0.1) is 0 Å².